The summed E-state index contributed by atoms with van der Waals surface area (Å²) in [6, 6.07) is 10.8. The molecule has 0 radical (unpaired) electrons. The van der Waals surface area contributed by atoms with E-state index in [1.54, 1.807) is 4.90 Å². The Bertz CT molecular complexity index is 1280. The van der Waals surface area contributed by atoms with E-state index in [1.165, 1.54) is 48.7 Å². The van der Waals surface area contributed by atoms with Crippen LogP contribution in [-0.4, -0.2) is 51.2 Å². The number of carbonyl (C=O) groups excluding carboxylic acids is 2. The van der Waals surface area contributed by atoms with Crippen LogP contribution in [0.3, 0.4) is 0 Å². The molecule has 3 aromatic rings. The molecule has 2 aromatic carbocycles. The van der Waals surface area contributed by atoms with Crippen molar-refractivity contribution in [3.8, 4) is 11.5 Å². The summed E-state index contributed by atoms with van der Waals surface area (Å²) >= 11 is 5.11. The molecule has 1 saturated heterocycles. The molecule has 0 saturated carbocycles. The van der Waals surface area contributed by atoms with Crippen LogP contribution in [0, 0.1) is 11.6 Å². The Morgan fingerprint density at radius 1 is 1.08 bits per heavy atom. The van der Waals surface area contributed by atoms with Gasteiger partial charge in [-0.05, 0) is 54.9 Å². The fourth-order valence-electron chi connectivity index (χ4n) is 3.68. The largest absolute Gasteiger partial charge is 0.453 e. The molecular formula is C25H25F2N5O4S. The number of rotatable bonds is 6. The van der Waals surface area contributed by atoms with Gasteiger partial charge in [-0.1, -0.05) is 12.1 Å². The second-order valence-electron chi connectivity index (χ2n) is 8.45. The molecule has 1 aromatic heterocycles. The number of benzene rings is 2. The number of aliphatic hydroxyl groups excluding tert-OH is 1. The first-order chi connectivity index (χ1) is 17.7. The summed E-state index contributed by atoms with van der Waals surface area (Å²) in [6.07, 6.45) is 2.16. The Labute approximate surface area is 216 Å². The number of urea groups is 1. The molecule has 2 heterocycles. The van der Waals surface area contributed by atoms with Crippen molar-refractivity contribution in [3.05, 3.63) is 71.9 Å². The monoisotopic (exact) mass is 529 g/mol. The number of thiocarbonyl (C=S) groups is 1. The van der Waals surface area contributed by atoms with Gasteiger partial charge in [0.05, 0.1) is 12.5 Å². The van der Waals surface area contributed by atoms with E-state index in [1.807, 2.05) is 0 Å². The normalized spacial score (nSPS) is 13.6. The molecule has 0 aliphatic carbocycles. The third kappa shape index (κ3) is 7.48. The van der Waals surface area contributed by atoms with E-state index < -0.39 is 17.5 Å². The Morgan fingerprint density at radius 3 is 2.51 bits per heavy atom. The number of halogens is 2. The topological polar surface area (TPSA) is 119 Å². The number of H-pyrrole nitrogens is 1. The minimum atomic E-state index is -0.677. The second kappa shape index (κ2) is 11.8. The molecule has 1 aliphatic rings. The van der Waals surface area contributed by atoms with Gasteiger partial charge < -0.3 is 30.4 Å². The summed E-state index contributed by atoms with van der Waals surface area (Å²) in [6.45, 7) is 0.925. The molecular weight excluding hydrogens is 504 g/mol. The molecule has 9 nitrogen and oxygen atoms in total. The minimum absolute atomic E-state index is 0.00347. The van der Waals surface area contributed by atoms with Gasteiger partial charge in [-0.3, -0.25) is 10.1 Å². The SMILES string of the molecule is O=C(Cc1ccc(F)cc1)NC(=S)Nc1ccc(Oc2c[nH]c(NC(=O)N3CCC(O)CC3)c2)c(F)c1. The molecule has 1 fully saturated rings. The van der Waals surface area contributed by atoms with Crippen LogP contribution >= 0.6 is 12.2 Å². The van der Waals surface area contributed by atoms with E-state index in [4.69, 9.17) is 17.0 Å². The van der Waals surface area contributed by atoms with E-state index in [-0.39, 0.29) is 35.2 Å². The van der Waals surface area contributed by atoms with E-state index in [0.29, 0.717) is 43.0 Å². The molecule has 0 bridgehead atoms. The number of amides is 3. The molecule has 3 amide bonds. The van der Waals surface area contributed by atoms with Crippen LogP contribution in [0.1, 0.15) is 18.4 Å². The number of nitrogens with one attached hydrogen (secondary N) is 4. The first-order valence-electron chi connectivity index (χ1n) is 11.5. The highest BCUT2D eigenvalue weighted by Gasteiger charge is 2.21. The van der Waals surface area contributed by atoms with E-state index in [0.717, 1.165) is 6.07 Å². The molecule has 5 N–H and O–H groups in total. The highest BCUT2D eigenvalue weighted by Crippen LogP contribution is 2.28. The Balaban J connectivity index is 1.27. The third-order valence-corrected chi connectivity index (χ3v) is 5.80. The van der Waals surface area contributed by atoms with Crippen molar-refractivity contribution in [2.45, 2.75) is 25.4 Å². The summed E-state index contributed by atoms with van der Waals surface area (Å²) in [7, 11) is 0. The Kier molecular flexibility index (Phi) is 8.31. The van der Waals surface area contributed by atoms with Crippen molar-refractivity contribution in [3.63, 3.8) is 0 Å². The number of nitrogens with zero attached hydrogens (tertiary/aromatic N) is 1. The number of aromatic nitrogens is 1. The standard InChI is InChI=1S/C25H25F2N5O4S/c26-16-3-1-15(2-4-16)11-23(34)31-24(37)29-17-5-6-21(20(27)12-17)36-19-13-22(28-14-19)30-25(35)32-9-7-18(33)8-10-32/h1-6,12-14,18,28,33H,7-11H2,(H,30,35)(H2,29,31,34,37). The van der Waals surface area contributed by atoms with Gasteiger partial charge >= 0.3 is 6.03 Å². The maximum absolute atomic E-state index is 14.6. The molecule has 12 heteroatoms. The lowest BCUT2D eigenvalue weighted by Gasteiger charge is -2.29. The van der Waals surface area contributed by atoms with Crippen molar-refractivity contribution in [2.24, 2.45) is 0 Å². The van der Waals surface area contributed by atoms with Crippen molar-refractivity contribution < 1.29 is 28.2 Å². The Hall–Kier alpha value is -4.03. The number of carbonyl (C=O) groups is 2. The quantitative estimate of drug-likeness (QED) is 0.307. The maximum Gasteiger partial charge on any atom is 0.322 e. The number of piperidine rings is 1. The molecule has 1 aliphatic heterocycles. The highest BCUT2D eigenvalue weighted by molar-refractivity contribution is 7.80. The van der Waals surface area contributed by atoms with Crippen molar-refractivity contribution >= 4 is 40.8 Å². The fraction of sp³-hybridized carbons (Fsp3) is 0.240. The number of ether oxygens (including phenoxy) is 1. The van der Waals surface area contributed by atoms with E-state index in [2.05, 4.69) is 20.9 Å². The number of hydrogen-bond donors (Lipinski definition) is 5. The Morgan fingerprint density at radius 2 is 1.81 bits per heavy atom. The smallest absolute Gasteiger partial charge is 0.322 e. The zero-order chi connectivity index (χ0) is 26.4. The van der Waals surface area contributed by atoms with Gasteiger partial charge in [0.1, 0.15) is 17.4 Å². The number of anilines is 2. The van der Waals surface area contributed by atoms with Crippen LogP contribution in [-0.2, 0) is 11.2 Å². The van der Waals surface area contributed by atoms with Crippen molar-refractivity contribution in [1.82, 2.24) is 15.2 Å². The first kappa shape index (κ1) is 26.0. The van der Waals surface area contributed by atoms with Crippen LogP contribution in [0.15, 0.2) is 54.7 Å². The molecule has 0 atom stereocenters. The lowest BCUT2D eigenvalue weighted by Crippen LogP contribution is -2.42. The summed E-state index contributed by atoms with van der Waals surface area (Å²) in [4.78, 5) is 28.9. The predicted molar refractivity (Wildman–Crippen MR) is 138 cm³/mol. The fourth-order valence-corrected chi connectivity index (χ4v) is 3.91. The van der Waals surface area contributed by atoms with Crippen LogP contribution in [0.4, 0.5) is 25.1 Å². The third-order valence-electron chi connectivity index (χ3n) is 5.60. The van der Waals surface area contributed by atoms with Gasteiger partial charge in [0, 0.05) is 37.1 Å². The lowest BCUT2D eigenvalue weighted by molar-refractivity contribution is -0.119. The van der Waals surface area contributed by atoms with Gasteiger partial charge in [0.25, 0.3) is 0 Å². The van der Waals surface area contributed by atoms with E-state index in [9.17, 15) is 23.5 Å². The summed E-state index contributed by atoms with van der Waals surface area (Å²) in [5, 5.41) is 17.5. The lowest BCUT2D eigenvalue weighted by atomic mass is 10.1. The predicted octanol–water partition coefficient (Wildman–Crippen LogP) is 4.13. The minimum Gasteiger partial charge on any atom is -0.453 e. The van der Waals surface area contributed by atoms with Crippen LogP contribution < -0.4 is 20.7 Å². The summed E-state index contributed by atoms with van der Waals surface area (Å²) in [5.41, 5.74) is 0.915. The van der Waals surface area contributed by atoms with Crippen LogP contribution in [0.2, 0.25) is 0 Å². The molecule has 0 spiro atoms. The van der Waals surface area contributed by atoms with Gasteiger partial charge in [0.2, 0.25) is 5.91 Å². The zero-order valence-electron chi connectivity index (χ0n) is 19.6. The van der Waals surface area contributed by atoms with Crippen LogP contribution in [0.5, 0.6) is 11.5 Å². The molecule has 0 unspecified atom stereocenters. The van der Waals surface area contributed by atoms with Gasteiger partial charge in [-0.15, -0.1) is 0 Å². The zero-order valence-corrected chi connectivity index (χ0v) is 20.4. The number of aromatic amines is 1. The number of hydrogen-bond acceptors (Lipinski definition) is 5. The summed E-state index contributed by atoms with van der Waals surface area (Å²) in [5.74, 6) is -0.866. The van der Waals surface area contributed by atoms with Crippen molar-refractivity contribution in [1.29, 1.82) is 0 Å². The van der Waals surface area contributed by atoms with E-state index >= 15 is 0 Å². The maximum atomic E-state index is 14.6. The molecule has 37 heavy (non-hydrogen) atoms. The second-order valence-corrected chi connectivity index (χ2v) is 8.86. The molecule has 194 valence electrons. The van der Waals surface area contributed by atoms with Gasteiger partial charge in [0.15, 0.2) is 16.7 Å². The molecule has 4 rings (SSSR count). The van der Waals surface area contributed by atoms with Crippen LogP contribution in [0.25, 0.3) is 0 Å². The highest BCUT2D eigenvalue weighted by atomic mass is 32.1. The van der Waals surface area contributed by atoms with Gasteiger partial charge in [-0.2, -0.15) is 0 Å². The summed E-state index contributed by atoms with van der Waals surface area (Å²) < 4.78 is 33.2. The average Bonchev–Trinajstić information content (AvgIpc) is 3.29. The first-order valence-corrected chi connectivity index (χ1v) is 11.9. The van der Waals surface area contributed by atoms with Crippen molar-refractivity contribution in [2.75, 3.05) is 23.7 Å². The average molecular weight is 530 g/mol. The van der Waals surface area contributed by atoms with Gasteiger partial charge in [-0.25, -0.2) is 13.6 Å². The number of aliphatic hydroxyl groups is 1. The number of likely N-dealkylation sites (tertiary alicyclic amines) is 1.